The number of nitrogens with two attached hydrogens (primary N) is 1. The Labute approximate surface area is 143 Å². The molecule has 1 aliphatic heterocycles. The van der Waals surface area contributed by atoms with Gasteiger partial charge in [0.05, 0.1) is 0 Å². The number of hydrogen-bond donors (Lipinski definition) is 1. The standard InChI is InChI=1S/C16H26N4O2.ClH/c1-2-4-14-18-15(22-19-14)5-3-6-16(21)20-9-11-7-8-13(17)12(11)10-20;/h11-13H,2-10,17H2,1H3;1H. The van der Waals surface area contributed by atoms with Gasteiger partial charge in [-0.1, -0.05) is 12.1 Å². The molecule has 1 aliphatic carbocycles. The van der Waals surface area contributed by atoms with Crippen molar-refractivity contribution < 1.29 is 9.32 Å². The Morgan fingerprint density at radius 3 is 2.91 bits per heavy atom. The molecule has 130 valence electrons. The average Bonchev–Trinajstić information content (AvgIpc) is 3.18. The van der Waals surface area contributed by atoms with Crippen LogP contribution in [0, 0.1) is 11.8 Å². The van der Waals surface area contributed by atoms with Crippen LogP contribution in [0.2, 0.25) is 0 Å². The van der Waals surface area contributed by atoms with Crippen LogP contribution in [0.1, 0.15) is 50.7 Å². The lowest BCUT2D eigenvalue weighted by molar-refractivity contribution is -0.130. The number of fused-ring (bicyclic) bond motifs is 1. The normalized spacial score (nSPS) is 26.2. The fourth-order valence-corrected chi connectivity index (χ4v) is 3.78. The number of amides is 1. The quantitative estimate of drug-likeness (QED) is 0.854. The van der Waals surface area contributed by atoms with Crippen molar-refractivity contribution in [1.29, 1.82) is 0 Å². The molecule has 7 heteroatoms. The molecule has 1 amide bonds. The predicted octanol–water partition coefficient (Wildman–Crippen LogP) is 1.96. The molecule has 2 heterocycles. The molecule has 0 radical (unpaired) electrons. The zero-order chi connectivity index (χ0) is 15.5. The van der Waals surface area contributed by atoms with Gasteiger partial charge in [0.2, 0.25) is 11.8 Å². The second kappa shape index (κ2) is 8.11. The van der Waals surface area contributed by atoms with Crippen molar-refractivity contribution in [3.8, 4) is 0 Å². The van der Waals surface area contributed by atoms with E-state index in [0.717, 1.165) is 44.6 Å². The maximum Gasteiger partial charge on any atom is 0.226 e. The van der Waals surface area contributed by atoms with E-state index in [1.165, 1.54) is 6.42 Å². The second-order valence-electron chi connectivity index (χ2n) is 6.67. The molecule has 0 bridgehead atoms. The van der Waals surface area contributed by atoms with E-state index in [1.54, 1.807) is 0 Å². The molecular weight excluding hydrogens is 316 g/mol. The highest BCUT2D eigenvalue weighted by molar-refractivity contribution is 5.85. The number of carbonyl (C=O) groups is 1. The lowest BCUT2D eigenvalue weighted by Gasteiger charge is -2.18. The van der Waals surface area contributed by atoms with Crippen LogP contribution in [0.3, 0.4) is 0 Å². The van der Waals surface area contributed by atoms with E-state index in [2.05, 4.69) is 17.1 Å². The fraction of sp³-hybridized carbons (Fsp3) is 0.812. The first-order chi connectivity index (χ1) is 10.7. The molecule has 2 fully saturated rings. The predicted molar refractivity (Wildman–Crippen MR) is 89.2 cm³/mol. The van der Waals surface area contributed by atoms with Crippen molar-refractivity contribution in [1.82, 2.24) is 15.0 Å². The van der Waals surface area contributed by atoms with Gasteiger partial charge >= 0.3 is 0 Å². The first kappa shape index (κ1) is 18.2. The van der Waals surface area contributed by atoms with Gasteiger partial charge in [0, 0.05) is 38.4 Å². The van der Waals surface area contributed by atoms with Crippen molar-refractivity contribution in [3.63, 3.8) is 0 Å². The zero-order valence-corrected chi connectivity index (χ0v) is 14.6. The van der Waals surface area contributed by atoms with Crippen LogP contribution in [-0.4, -0.2) is 40.1 Å². The Morgan fingerprint density at radius 2 is 2.17 bits per heavy atom. The SMILES string of the molecule is CCCc1noc(CCCC(=O)N2CC3CCC(N)C3C2)n1.Cl. The molecule has 1 aromatic heterocycles. The van der Waals surface area contributed by atoms with Gasteiger partial charge in [-0.2, -0.15) is 4.98 Å². The molecular formula is C16H27ClN4O2. The summed E-state index contributed by atoms with van der Waals surface area (Å²) in [5.74, 6) is 2.82. The Bertz CT molecular complexity index is 522. The van der Waals surface area contributed by atoms with Crippen LogP contribution in [0.4, 0.5) is 0 Å². The average molecular weight is 343 g/mol. The molecule has 2 N–H and O–H groups in total. The van der Waals surface area contributed by atoms with E-state index < -0.39 is 0 Å². The number of nitrogens with zero attached hydrogens (tertiary/aromatic N) is 3. The third-order valence-electron chi connectivity index (χ3n) is 5.03. The van der Waals surface area contributed by atoms with E-state index in [1.807, 2.05) is 4.90 Å². The van der Waals surface area contributed by atoms with Crippen molar-refractivity contribution in [2.45, 2.75) is 57.9 Å². The van der Waals surface area contributed by atoms with Crippen LogP contribution in [0.25, 0.3) is 0 Å². The Hall–Kier alpha value is -1.14. The molecule has 0 spiro atoms. The fourth-order valence-electron chi connectivity index (χ4n) is 3.78. The number of likely N-dealkylation sites (tertiary alicyclic amines) is 1. The summed E-state index contributed by atoms with van der Waals surface area (Å²) in [6.45, 7) is 3.84. The topological polar surface area (TPSA) is 85.2 Å². The highest BCUT2D eigenvalue weighted by atomic mass is 35.5. The maximum absolute atomic E-state index is 12.3. The molecule has 0 aromatic carbocycles. The molecule has 23 heavy (non-hydrogen) atoms. The summed E-state index contributed by atoms with van der Waals surface area (Å²) in [5.41, 5.74) is 6.12. The minimum atomic E-state index is 0. The molecule has 3 rings (SSSR count). The lowest BCUT2D eigenvalue weighted by atomic mass is 9.98. The van der Waals surface area contributed by atoms with Gasteiger partial charge in [-0.15, -0.1) is 12.4 Å². The van der Waals surface area contributed by atoms with Gasteiger partial charge in [-0.3, -0.25) is 4.79 Å². The number of halogens is 1. The zero-order valence-electron chi connectivity index (χ0n) is 13.7. The lowest BCUT2D eigenvalue weighted by Crippen LogP contribution is -2.33. The third kappa shape index (κ3) is 4.23. The molecule has 1 saturated carbocycles. The summed E-state index contributed by atoms with van der Waals surface area (Å²) in [4.78, 5) is 18.6. The molecule has 2 aliphatic rings. The Kier molecular flexibility index (Phi) is 6.41. The molecule has 1 saturated heterocycles. The summed E-state index contributed by atoms with van der Waals surface area (Å²) < 4.78 is 5.20. The third-order valence-corrected chi connectivity index (χ3v) is 5.03. The number of carbonyl (C=O) groups excluding carboxylic acids is 1. The number of aryl methyl sites for hydroxylation is 2. The largest absolute Gasteiger partial charge is 0.342 e. The van der Waals surface area contributed by atoms with Crippen molar-refractivity contribution in [3.05, 3.63) is 11.7 Å². The van der Waals surface area contributed by atoms with Crippen molar-refractivity contribution in [2.75, 3.05) is 13.1 Å². The molecule has 6 nitrogen and oxygen atoms in total. The van der Waals surface area contributed by atoms with Crippen molar-refractivity contribution >= 4 is 18.3 Å². The first-order valence-corrected chi connectivity index (χ1v) is 8.52. The van der Waals surface area contributed by atoms with Gasteiger partial charge in [0.25, 0.3) is 0 Å². The van der Waals surface area contributed by atoms with Crippen LogP contribution in [0.15, 0.2) is 4.52 Å². The van der Waals surface area contributed by atoms with Gasteiger partial charge in [-0.05, 0) is 37.5 Å². The van der Waals surface area contributed by atoms with E-state index in [0.29, 0.717) is 30.6 Å². The van der Waals surface area contributed by atoms with Crippen LogP contribution < -0.4 is 5.73 Å². The number of rotatable bonds is 6. The van der Waals surface area contributed by atoms with Gasteiger partial charge in [0.15, 0.2) is 5.82 Å². The number of hydrogen-bond acceptors (Lipinski definition) is 5. The van der Waals surface area contributed by atoms with Gasteiger partial charge in [0.1, 0.15) is 0 Å². The summed E-state index contributed by atoms with van der Waals surface area (Å²) in [6, 6.07) is 0.290. The monoisotopic (exact) mass is 342 g/mol. The Balaban J connectivity index is 0.00000192. The highest BCUT2D eigenvalue weighted by Gasteiger charge is 2.42. The Morgan fingerprint density at radius 1 is 1.35 bits per heavy atom. The highest BCUT2D eigenvalue weighted by Crippen LogP contribution is 2.37. The van der Waals surface area contributed by atoms with E-state index in [9.17, 15) is 4.79 Å². The van der Waals surface area contributed by atoms with Crippen LogP contribution >= 0.6 is 12.4 Å². The van der Waals surface area contributed by atoms with Gasteiger partial charge < -0.3 is 15.2 Å². The van der Waals surface area contributed by atoms with Gasteiger partial charge in [-0.25, -0.2) is 0 Å². The molecule has 3 unspecified atom stereocenters. The minimum absolute atomic E-state index is 0. The summed E-state index contributed by atoms with van der Waals surface area (Å²) in [5, 5.41) is 3.93. The molecule has 3 atom stereocenters. The van der Waals surface area contributed by atoms with Crippen molar-refractivity contribution in [2.24, 2.45) is 17.6 Å². The molecule has 1 aromatic rings. The van der Waals surface area contributed by atoms with E-state index in [4.69, 9.17) is 10.3 Å². The minimum Gasteiger partial charge on any atom is -0.342 e. The van der Waals surface area contributed by atoms with Crippen LogP contribution in [0.5, 0.6) is 0 Å². The smallest absolute Gasteiger partial charge is 0.226 e. The summed E-state index contributed by atoms with van der Waals surface area (Å²) >= 11 is 0. The van der Waals surface area contributed by atoms with E-state index in [-0.39, 0.29) is 24.4 Å². The summed E-state index contributed by atoms with van der Waals surface area (Å²) in [6.07, 6.45) is 6.16. The van der Waals surface area contributed by atoms with Crippen LogP contribution in [-0.2, 0) is 17.6 Å². The maximum atomic E-state index is 12.3. The second-order valence-corrected chi connectivity index (χ2v) is 6.67. The number of aromatic nitrogens is 2. The summed E-state index contributed by atoms with van der Waals surface area (Å²) in [7, 11) is 0. The van der Waals surface area contributed by atoms with E-state index >= 15 is 0 Å². The first-order valence-electron chi connectivity index (χ1n) is 8.52.